The molecule has 9 heteroatoms. The Labute approximate surface area is 216 Å². The van der Waals surface area contributed by atoms with Crippen molar-refractivity contribution in [2.24, 2.45) is 5.92 Å². The van der Waals surface area contributed by atoms with Crippen LogP contribution in [0, 0.1) is 5.92 Å². The molecule has 0 bridgehead atoms. The number of esters is 1. The molecule has 2 aliphatic rings. The van der Waals surface area contributed by atoms with Crippen LogP contribution in [0.2, 0.25) is 0 Å². The van der Waals surface area contributed by atoms with Gasteiger partial charge in [-0.2, -0.15) is 0 Å². The van der Waals surface area contributed by atoms with E-state index in [-0.39, 0.29) is 29.7 Å². The summed E-state index contributed by atoms with van der Waals surface area (Å²) >= 11 is 0. The molecule has 1 aromatic carbocycles. The van der Waals surface area contributed by atoms with Crippen molar-refractivity contribution in [3.8, 4) is 11.3 Å². The van der Waals surface area contributed by atoms with Crippen molar-refractivity contribution >= 4 is 23.4 Å². The van der Waals surface area contributed by atoms with Crippen LogP contribution in [-0.2, 0) is 9.53 Å². The standard InChI is InChI=1S/C28H33N5O4/c1-37-28(36)19-10-13-32(14-11-19)15-12-29-26(34)21-5-2-4-20(16-21)24-18-33-17-22(8-9-25(33)31-24)27(35)30-23-6-3-7-23/h2,4-5,8-9,16-19,23H,3,6-7,10-15H2,1H3,(H,29,34)(H,30,35). The van der Waals surface area contributed by atoms with E-state index in [1.165, 1.54) is 13.5 Å². The highest BCUT2D eigenvalue weighted by molar-refractivity contribution is 5.95. The van der Waals surface area contributed by atoms with Crippen molar-refractivity contribution in [1.82, 2.24) is 24.9 Å². The van der Waals surface area contributed by atoms with E-state index in [1.54, 1.807) is 18.3 Å². The van der Waals surface area contributed by atoms with Gasteiger partial charge in [-0.1, -0.05) is 12.1 Å². The number of piperidine rings is 1. The van der Waals surface area contributed by atoms with Crippen molar-refractivity contribution < 1.29 is 19.1 Å². The van der Waals surface area contributed by atoms with Gasteiger partial charge in [-0.25, -0.2) is 4.98 Å². The Morgan fingerprint density at radius 2 is 1.81 bits per heavy atom. The first kappa shape index (κ1) is 25.0. The lowest BCUT2D eigenvalue weighted by Crippen LogP contribution is -2.41. The molecule has 0 atom stereocenters. The fourth-order valence-electron chi connectivity index (χ4n) is 4.89. The van der Waals surface area contributed by atoms with Crippen LogP contribution in [0.5, 0.6) is 0 Å². The number of amides is 2. The van der Waals surface area contributed by atoms with Gasteiger partial charge in [0.2, 0.25) is 0 Å². The maximum absolute atomic E-state index is 12.8. The number of hydrogen-bond donors (Lipinski definition) is 2. The van der Waals surface area contributed by atoms with Crippen molar-refractivity contribution in [1.29, 1.82) is 0 Å². The first-order valence-electron chi connectivity index (χ1n) is 13.0. The minimum atomic E-state index is -0.134. The first-order chi connectivity index (χ1) is 18.0. The van der Waals surface area contributed by atoms with Crippen LogP contribution >= 0.6 is 0 Å². The van der Waals surface area contributed by atoms with Crippen LogP contribution in [0.1, 0.15) is 52.8 Å². The summed E-state index contributed by atoms with van der Waals surface area (Å²) in [7, 11) is 1.43. The number of pyridine rings is 1. The molecule has 2 N–H and O–H groups in total. The molecule has 0 unspecified atom stereocenters. The number of likely N-dealkylation sites (tertiary alicyclic amines) is 1. The molecule has 5 rings (SSSR count). The number of nitrogens with one attached hydrogen (secondary N) is 2. The Hall–Kier alpha value is -3.72. The van der Waals surface area contributed by atoms with Gasteiger partial charge in [-0.3, -0.25) is 14.4 Å². The molecule has 0 spiro atoms. The number of ether oxygens (including phenoxy) is 1. The minimum absolute atomic E-state index is 0.0192. The molecule has 1 saturated carbocycles. The highest BCUT2D eigenvalue weighted by Gasteiger charge is 2.25. The third-order valence-corrected chi connectivity index (χ3v) is 7.41. The second-order valence-electron chi connectivity index (χ2n) is 9.89. The lowest BCUT2D eigenvalue weighted by molar-refractivity contribution is -0.147. The van der Waals surface area contributed by atoms with Crippen LogP contribution in [-0.4, -0.2) is 71.4 Å². The van der Waals surface area contributed by atoms with Gasteiger partial charge < -0.3 is 24.7 Å². The molecule has 2 fully saturated rings. The highest BCUT2D eigenvalue weighted by atomic mass is 16.5. The average molecular weight is 504 g/mol. The molecule has 9 nitrogen and oxygen atoms in total. The summed E-state index contributed by atoms with van der Waals surface area (Å²) in [5.74, 6) is -0.346. The summed E-state index contributed by atoms with van der Waals surface area (Å²) in [5, 5.41) is 6.06. The summed E-state index contributed by atoms with van der Waals surface area (Å²) in [6, 6.07) is 11.3. The van der Waals surface area contributed by atoms with Gasteiger partial charge in [0.05, 0.1) is 24.3 Å². The molecule has 0 radical (unpaired) electrons. The van der Waals surface area contributed by atoms with E-state index in [0.717, 1.165) is 62.2 Å². The third kappa shape index (κ3) is 5.83. The van der Waals surface area contributed by atoms with Crippen molar-refractivity contribution in [2.45, 2.75) is 38.1 Å². The van der Waals surface area contributed by atoms with E-state index >= 15 is 0 Å². The zero-order valence-electron chi connectivity index (χ0n) is 21.1. The lowest BCUT2D eigenvalue weighted by atomic mass is 9.93. The van der Waals surface area contributed by atoms with Gasteiger partial charge in [-0.05, 0) is 69.5 Å². The summed E-state index contributed by atoms with van der Waals surface area (Å²) in [6.45, 7) is 2.92. The zero-order chi connectivity index (χ0) is 25.8. The minimum Gasteiger partial charge on any atom is -0.469 e. The van der Waals surface area contributed by atoms with Gasteiger partial charge in [0.1, 0.15) is 5.65 Å². The average Bonchev–Trinajstić information content (AvgIpc) is 3.34. The number of methoxy groups -OCH3 is 1. The number of rotatable bonds is 8. The van der Waals surface area contributed by atoms with Crippen molar-refractivity contribution in [2.75, 3.05) is 33.3 Å². The number of fused-ring (bicyclic) bond motifs is 1. The first-order valence-corrected chi connectivity index (χ1v) is 13.0. The molecular weight excluding hydrogens is 470 g/mol. The van der Waals surface area contributed by atoms with Gasteiger partial charge in [0.15, 0.2) is 0 Å². The quantitative estimate of drug-likeness (QED) is 0.458. The monoisotopic (exact) mass is 503 g/mol. The van der Waals surface area contributed by atoms with Crippen LogP contribution in [0.3, 0.4) is 0 Å². The van der Waals surface area contributed by atoms with E-state index < -0.39 is 0 Å². The fourth-order valence-corrected chi connectivity index (χ4v) is 4.89. The number of carbonyl (C=O) groups is 3. The molecule has 2 aromatic heterocycles. The smallest absolute Gasteiger partial charge is 0.308 e. The van der Waals surface area contributed by atoms with Crippen LogP contribution < -0.4 is 10.6 Å². The Morgan fingerprint density at radius 1 is 1.00 bits per heavy atom. The molecule has 3 aromatic rings. The van der Waals surface area contributed by atoms with Gasteiger partial charge in [0, 0.05) is 42.7 Å². The van der Waals surface area contributed by atoms with Crippen molar-refractivity contribution in [3.05, 3.63) is 59.9 Å². The largest absolute Gasteiger partial charge is 0.469 e. The molecule has 1 aliphatic heterocycles. The summed E-state index contributed by atoms with van der Waals surface area (Å²) < 4.78 is 6.69. The number of benzene rings is 1. The third-order valence-electron chi connectivity index (χ3n) is 7.41. The summed E-state index contributed by atoms with van der Waals surface area (Å²) in [6.07, 6.45) is 8.51. The summed E-state index contributed by atoms with van der Waals surface area (Å²) in [4.78, 5) is 43.9. The van der Waals surface area contributed by atoms with Crippen molar-refractivity contribution in [3.63, 3.8) is 0 Å². The number of carbonyl (C=O) groups excluding carboxylic acids is 3. The van der Waals surface area contributed by atoms with E-state index in [1.807, 2.05) is 34.9 Å². The highest BCUT2D eigenvalue weighted by Crippen LogP contribution is 2.22. The molecular formula is C28H33N5O4. The molecule has 1 aliphatic carbocycles. The van der Waals surface area contributed by atoms with Gasteiger partial charge >= 0.3 is 5.97 Å². The Balaban J connectivity index is 1.18. The van der Waals surface area contributed by atoms with Crippen LogP contribution in [0.15, 0.2) is 48.8 Å². The number of aromatic nitrogens is 2. The predicted octanol–water partition coefficient (Wildman–Crippen LogP) is 2.90. The Morgan fingerprint density at radius 3 is 2.54 bits per heavy atom. The maximum Gasteiger partial charge on any atom is 0.308 e. The van der Waals surface area contributed by atoms with Crippen LogP contribution in [0.25, 0.3) is 16.9 Å². The SMILES string of the molecule is COC(=O)C1CCN(CCNC(=O)c2cccc(-c3cn4cc(C(=O)NC5CCC5)ccc4n3)c2)CC1. The molecule has 3 heterocycles. The van der Waals surface area contributed by atoms with E-state index in [2.05, 4.69) is 20.5 Å². The topological polar surface area (TPSA) is 105 Å². The Bertz CT molecular complexity index is 1290. The normalized spacial score (nSPS) is 16.8. The predicted molar refractivity (Wildman–Crippen MR) is 139 cm³/mol. The van der Waals surface area contributed by atoms with Gasteiger partial charge in [0.25, 0.3) is 11.8 Å². The molecule has 37 heavy (non-hydrogen) atoms. The van der Waals surface area contributed by atoms with E-state index in [0.29, 0.717) is 17.7 Å². The molecule has 2 amide bonds. The van der Waals surface area contributed by atoms with E-state index in [4.69, 9.17) is 4.74 Å². The zero-order valence-corrected chi connectivity index (χ0v) is 21.1. The maximum atomic E-state index is 12.8. The van der Waals surface area contributed by atoms with Crippen LogP contribution in [0.4, 0.5) is 0 Å². The van der Waals surface area contributed by atoms with E-state index in [9.17, 15) is 14.4 Å². The number of hydrogen-bond acceptors (Lipinski definition) is 6. The Kier molecular flexibility index (Phi) is 7.50. The second kappa shape index (κ2) is 11.1. The fraction of sp³-hybridized carbons (Fsp3) is 0.429. The summed E-state index contributed by atoms with van der Waals surface area (Å²) in [5.41, 5.74) is 3.48. The lowest BCUT2D eigenvalue weighted by Gasteiger charge is -2.30. The number of imidazole rings is 1. The molecule has 194 valence electrons. The molecule has 1 saturated heterocycles. The van der Waals surface area contributed by atoms with Gasteiger partial charge in [-0.15, -0.1) is 0 Å². The number of nitrogens with zero attached hydrogens (tertiary/aromatic N) is 3. The second-order valence-corrected chi connectivity index (χ2v) is 9.89.